The van der Waals surface area contributed by atoms with Crippen LogP contribution in [0.25, 0.3) is 0 Å². The third-order valence-corrected chi connectivity index (χ3v) is 4.52. The highest BCUT2D eigenvalue weighted by molar-refractivity contribution is 5.93. The van der Waals surface area contributed by atoms with Crippen LogP contribution in [0, 0.1) is 6.92 Å². The molecule has 0 radical (unpaired) electrons. The molecular weight excluding hydrogens is 304 g/mol. The molecule has 1 fully saturated rings. The fraction of sp³-hybridized carbons (Fsp3) is 0.389. The van der Waals surface area contributed by atoms with Crippen molar-refractivity contribution in [3.05, 3.63) is 58.1 Å². The molecule has 1 N–H and O–H groups in total. The van der Waals surface area contributed by atoms with Crippen molar-refractivity contribution in [2.75, 3.05) is 25.0 Å². The Bertz CT molecular complexity index is 772. The van der Waals surface area contributed by atoms with Crippen molar-refractivity contribution in [1.29, 1.82) is 0 Å². The van der Waals surface area contributed by atoms with E-state index in [1.807, 2.05) is 18.2 Å². The lowest BCUT2D eigenvalue weighted by atomic mass is 10.0. The maximum absolute atomic E-state index is 12.7. The smallest absolute Gasteiger partial charge is 0.260 e. The molecule has 2 aromatic heterocycles. The van der Waals surface area contributed by atoms with E-state index in [0.29, 0.717) is 0 Å². The third kappa shape index (κ3) is 3.32. The lowest BCUT2D eigenvalue weighted by Gasteiger charge is -2.38. The van der Waals surface area contributed by atoms with Gasteiger partial charge in [0.1, 0.15) is 11.4 Å². The zero-order chi connectivity index (χ0) is 17.1. The predicted molar refractivity (Wildman–Crippen MR) is 93.4 cm³/mol. The Morgan fingerprint density at radius 3 is 2.88 bits per heavy atom. The molecule has 3 heterocycles. The van der Waals surface area contributed by atoms with Crippen molar-refractivity contribution in [3.63, 3.8) is 0 Å². The van der Waals surface area contributed by atoms with E-state index in [2.05, 4.69) is 14.9 Å². The Morgan fingerprint density at radius 2 is 2.17 bits per heavy atom. The Hall–Kier alpha value is -2.63. The number of aryl methyl sites for hydroxylation is 1. The van der Waals surface area contributed by atoms with Crippen molar-refractivity contribution in [3.8, 4) is 0 Å². The first-order valence-electron chi connectivity index (χ1n) is 8.19. The summed E-state index contributed by atoms with van der Waals surface area (Å²) in [6.45, 7) is 3.45. The van der Waals surface area contributed by atoms with E-state index in [4.69, 9.17) is 0 Å². The molecule has 1 aliphatic rings. The topological polar surface area (TPSA) is 69.3 Å². The Morgan fingerprint density at radius 1 is 1.33 bits per heavy atom. The van der Waals surface area contributed by atoms with Crippen LogP contribution in [0.15, 0.2) is 41.3 Å². The lowest BCUT2D eigenvalue weighted by molar-refractivity contribution is 0.0715. The first-order chi connectivity index (χ1) is 11.6. The number of nitrogens with one attached hydrogen (secondary N) is 1. The first-order valence-corrected chi connectivity index (χ1v) is 8.19. The molecule has 126 valence electrons. The van der Waals surface area contributed by atoms with Crippen molar-refractivity contribution in [2.45, 2.75) is 25.8 Å². The maximum Gasteiger partial charge on any atom is 0.260 e. The van der Waals surface area contributed by atoms with Crippen molar-refractivity contribution < 1.29 is 4.79 Å². The fourth-order valence-corrected chi connectivity index (χ4v) is 3.12. The van der Waals surface area contributed by atoms with Gasteiger partial charge in [-0.2, -0.15) is 0 Å². The molecule has 0 aromatic carbocycles. The Kier molecular flexibility index (Phi) is 4.64. The molecule has 1 saturated heterocycles. The standard InChI is InChI=1S/C18H22N4O2/c1-13-8-9-15(17(23)20-13)18(24)21(2)14-6-5-11-22(12-14)16-7-3-4-10-19-16/h3-4,7-10,14H,5-6,11-12H2,1-2H3,(H,20,23)/t14-/m0/s1. The van der Waals surface area contributed by atoms with Gasteiger partial charge in [0.2, 0.25) is 0 Å². The van der Waals surface area contributed by atoms with Crippen LogP contribution in [0.1, 0.15) is 28.9 Å². The minimum absolute atomic E-state index is 0.0639. The molecule has 24 heavy (non-hydrogen) atoms. The van der Waals surface area contributed by atoms with E-state index < -0.39 is 0 Å². The second kappa shape index (κ2) is 6.86. The average molecular weight is 326 g/mol. The number of carbonyl (C=O) groups excluding carboxylic acids is 1. The zero-order valence-electron chi connectivity index (χ0n) is 14.0. The largest absolute Gasteiger partial charge is 0.355 e. The summed E-state index contributed by atoms with van der Waals surface area (Å²) in [5, 5.41) is 0. The maximum atomic E-state index is 12.7. The van der Waals surface area contributed by atoms with Gasteiger partial charge in [-0.05, 0) is 44.0 Å². The van der Waals surface area contributed by atoms with Gasteiger partial charge >= 0.3 is 0 Å². The molecule has 0 bridgehead atoms. The van der Waals surface area contributed by atoms with E-state index in [1.54, 1.807) is 37.2 Å². The number of aromatic nitrogens is 2. The molecule has 6 nitrogen and oxygen atoms in total. The molecule has 1 atom stereocenters. The zero-order valence-corrected chi connectivity index (χ0v) is 14.0. The van der Waals surface area contributed by atoms with Crippen LogP contribution in [-0.2, 0) is 0 Å². The second-order valence-electron chi connectivity index (χ2n) is 6.23. The summed E-state index contributed by atoms with van der Waals surface area (Å²) in [7, 11) is 1.77. The van der Waals surface area contributed by atoms with Gasteiger partial charge in [0.05, 0.1) is 0 Å². The van der Waals surface area contributed by atoms with Crippen LogP contribution in [0.2, 0.25) is 0 Å². The molecule has 1 aliphatic heterocycles. The predicted octanol–water partition coefficient (Wildman–Crippen LogP) is 1.82. The number of H-pyrrole nitrogens is 1. The van der Waals surface area contributed by atoms with Crippen LogP contribution in [0.5, 0.6) is 0 Å². The van der Waals surface area contributed by atoms with Crippen molar-refractivity contribution >= 4 is 11.7 Å². The van der Waals surface area contributed by atoms with E-state index in [0.717, 1.165) is 37.4 Å². The highest BCUT2D eigenvalue weighted by atomic mass is 16.2. The first kappa shape index (κ1) is 16.2. The lowest BCUT2D eigenvalue weighted by Crippen LogP contribution is -2.49. The summed E-state index contributed by atoms with van der Waals surface area (Å²) in [5.74, 6) is 0.695. The van der Waals surface area contributed by atoms with Gasteiger partial charge in [-0.3, -0.25) is 9.59 Å². The molecular formula is C18H22N4O2. The number of anilines is 1. The van der Waals surface area contributed by atoms with Gasteiger partial charge in [-0.1, -0.05) is 6.07 Å². The number of aromatic amines is 1. The SMILES string of the molecule is Cc1ccc(C(=O)N(C)[C@H]2CCCN(c3ccccn3)C2)c(=O)[nH]1. The van der Waals surface area contributed by atoms with Gasteiger partial charge in [0.15, 0.2) is 0 Å². The molecule has 0 aliphatic carbocycles. The number of carbonyl (C=O) groups is 1. The Labute approximate surface area is 141 Å². The van der Waals surface area contributed by atoms with Crippen molar-refractivity contribution in [1.82, 2.24) is 14.9 Å². The van der Waals surface area contributed by atoms with E-state index >= 15 is 0 Å². The summed E-state index contributed by atoms with van der Waals surface area (Å²) in [4.78, 5) is 35.7. The summed E-state index contributed by atoms with van der Waals surface area (Å²) < 4.78 is 0. The van der Waals surface area contributed by atoms with Crippen LogP contribution < -0.4 is 10.5 Å². The second-order valence-corrected chi connectivity index (χ2v) is 6.23. The van der Waals surface area contributed by atoms with Gasteiger partial charge in [-0.25, -0.2) is 4.98 Å². The molecule has 6 heteroatoms. The molecule has 2 aromatic rings. The third-order valence-electron chi connectivity index (χ3n) is 4.52. The highest BCUT2D eigenvalue weighted by Crippen LogP contribution is 2.20. The summed E-state index contributed by atoms with van der Waals surface area (Å²) in [6.07, 6.45) is 3.69. The quantitative estimate of drug-likeness (QED) is 0.934. The van der Waals surface area contributed by atoms with Gasteiger partial charge in [0, 0.05) is 38.1 Å². The minimum Gasteiger partial charge on any atom is -0.355 e. The number of rotatable bonds is 3. The monoisotopic (exact) mass is 326 g/mol. The normalized spacial score (nSPS) is 17.6. The molecule has 0 spiro atoms. The number of pyridine rings is 2. The molecule has 0 unspecified atom stereocenters. The highest BCUT2D eigenvalue weighted by Gasteiger charge is 2.28. The van der Waals surface area contributed by atoms with E-state index in [9.17, 15) is 9.59 Å². The number of piperidine rings is 1. The van der Waals surface area contributed by atoms with Crippen LogP contribution in [0.4, 0.5) is 5.82 Å². The molecule has 1 amide bonds. The van der Waals surface area contributed by atoms with E-state index in [1.165, 1.54) is 0 Å². The van der Waals surface area contributed by atoms with Crippen LogP contribution in [-0.4, -0.2) is 47.0 Å². The summed E-state index contributed by atoms with van der Waals surface area (Å²) in [5.41, 5.74) is 0.612. The summed E-state index contributed by atoms with van der Waals surface area (Å²) >= 11 is 0. The number of amides is 1. The van der Waals surface area contributed by atoms with Gasteiger partial charge in [0.25, 0.3) is 11.5 Å². The van der Waals surface area contributed by atoms with Crippen LogP contribution in [0.3, 0.4) is 0 Å². The average Bonchev–Trinajstić information content (AvgIpc) is 2.61. The van der Waals surface area contributed by atoms with Crippen molar-refractivity contribution in [2.24, 2.45) is 0 Å². The fourth-order valence-electron chi connectivity index (χ4n) is 3.12. The number of hydrogen-bond acceptors (Lipinski definition) is 4. The molecule has 0 saturated carbocycles. The Balaban J connectivity index is 1.75. The van der Waals surface area contributed by atoms with E-state index in [-0.39, 0.29) is 23.1 Å². The van der Waals surface area contributed by atoms with Gasteiger partial charge in [-0.15, -0.1) is 0 Å². The number of likely N-dealkylation sites (N-methyl/N-ethyl adjacent to an activating group) is 1. The summed E-state index contributed by atoms with van der Waals surface area (Å²) in [6, 6.07) is 9.26. The molecule has 3 rings (SSSR count). The minimum atomic E-state index is -0.329. The van der Waals surface area contributed by atoms with Gasteiger partial charge < -0.3 is 14.8 Å². The van der Waals surface area contributed by atoms with Crippen LogP contribution >= 0.6 is 0 Å². The number of hydrogen-bond donors (Lipinski definition) is 1. The number of nitrogens with zero attached hydrogens (tertiary/aromatic N) is 3.